The molecule has 0 radical (unpaired) electrons. The highest BCUT2D eigenvalue weighted by molar-refractivity contribution is 5.89. The van der Waals surface area contributed by atoms with Crippen LogP contribution in [-0.4, -0.2) is 18.7 Å². The summed E-state index contributed by atoms with van der Waals surface area (Å²) in [5, 5.41) is 0. The molecule has 3 nitrogen and oxygen atoms in total. The highest BCUT2D eigenvalue weighted by atomic mass is 16.5. The first-order valence-corrected chi connectivity index (χ1v) is 16.8. The molecule has 0 aromatic heterocycles. The van der Waals surface area contributed by atoms with E-state index in [0.717, 1.165) is 66.9 Å². The Morgan fingerprint density at radius 3 is 2.48 bits per heavy atom. The minimum Gasteiger partial charge on any atom is -0.494 e. The molecule has 222 valence electrons. The number of esters is 1. The smallest absolute Gasteiger partial charge is 0.338 e. The molecule has 0 saturated heterocycles. The molecule has 0 heterocycles. The lowest BCUT2D eigenvalue weighted by Crippen LogP contribution is -2.51. The van der Waals surface area contributed by atoms with Crippen LogP contribution in [0.4, 0.5) is 0 Å². The lowest BCUT2D eigenvalue weighted by atomic mass is 9.47. The van der Waals surface area contributed by atoms with Crippen molar-refractivity contribution in [1.82, 2.24) is 0 Å². The SMILES string of the molecule is CCCOc1ccc(C(=O)O[C@H]2CC[C@@]3(C)C(=CC[C@@H]4[C@H]5CC[C@@H]([C@H](C)CCCC(C)C)[C@@]5(C)CC[C@H]43)C2)cc1. The number of carbonyl (C=O) groups is 1. The van der Waals surface area contributed by atoms with Crippen LogP contribution >= 0.6 is 0 Å². The molecule has 0 spiro atoms. The molecule has 3 fully saturated rings. The second-order valence-electron chi connectivity index (χ2n) is 14.9. The topological polar surface area (TPSA) is 35.5 Å². The summed E-state index contributed by atoms with van der Waals surface area (Å²) in [4.78, 5) is 13.0. The van der Waals surface area contributed by atoms with Crippen molar-refractivity contribution in [2.24, 2.45) is 46.3 Å². The van der Waals surface area contributed by atoms with Gasteiger partial charge in [-0.1, -0.05) is 72.5 Å². The maximum Gasteiger partial charge on any atom is 0.338 e. The average Bonchev–Trinajstić information content (AvgIpc) is 3.29. The zero-order valence-electron chi connectivity index (χ0n) is 26.3. The van der Waals surface area contributed by atoms with Gasteiger partial charge in [0.15, 0.2) is 0 Å². The maximum atomic E-state index is 13.0. The summed E-state index contributed by atoms with van der Waals surface area (Å²) in [5.41, 5.74) is 3.02. The van der Waals surface area contributed by atoms with E-state index in [2.05, 4.69) is 47.6 Å². The Balaban J connectivity index is 1.21. The van der Waals surface area contributed by atoms with E-state index < -0.39 is 0 Å². The Morgan fingerprint density at radius 2 is 1.75 bits per heavy atom. The molecule has 0 amide bonds. The van der Waals surface area contributed by atoms with E-state index in [9.17, 15) is 4.79 Å². The Labute approximate surface area is 244 Å². The predicted octanol–water partition coefficient (Wildman–Crippen LogP) is 10.0. The Morgan fingerprint density at radius 1 is 0.975 bits per heavy atom. The molecular formula is C37H56O3. The van der Waals surface area contributed by atoms with E-state index in [1.54, 1.807) is 5.57 Å². The number of allylic oxidation sites excluding steroid dienone is 1. The van der Waals surface area contributed by atoms with Gasteiger partial charge in [-0.2, -0.15) is 0 Å². The van der Waals surface area contributed by atoms with Crippen molar-refractivity contribution in [3.05, 3.63) is 41.5 Å². The summed E-state index contributed by atoms with van der Waals surface area (Å²) in [7, 11) is 0. The largest absolute Gasteiger partial charge is 0.494 e. The highest BCUT2D eigenvalue weighted by Gasteiger charge is 2.59. The summed E-state index contributed by atoms with van der Waals surface area (Å²) in [6.45, 7) is 15.3. The van der Waals surface area contributed by atoms with Gasteiger partial charge in [0.25, 0.3) is 0 Å². The minimum atomic E-state index is -0.196. The third-order valence-corrected chi connectivity index (χ3v) is 12.1. The Bertz CT molecular complexity index is 1040. The molecule has 4 aliphatic rings. The molecule has 3 heteroatoms. The van der Waals surface area contributed by atoms with Gasteiger partial charge in [0.1, 0.15) is 11.9 Å². The number of hydrogen-bond acceptors (Lipinski definition) is 3. The lowest BCUT2D eigenvalue weighted by molar-refractivity contribution is -0.0594. The quantitative estimate of drug-likeness (QED) is 0.215. The summed E-state index contributed by atoms with van der Waals surface area (Å²) < 4.78 is 11.7. The summed E-state index contributed by atoms with van der Waals surface area (Å²) in [5.74, 6) is 5.74. The molecule has 8 atom stereocenters. The van der Waals surface area contributed by atoms with Gasteiger partial charge >= 0.3 is 5.97 Å². The van der Waals surface area contributed by atoms with Crippen LogP contribution in [0.15, 0.2) is 35.9 Å². The van der Waals surface area contributed by atoms with E-state index in [1.165, 1.54) is 51.4 Å². The minimum absolute atomic E-state index is 0.00389. The first-order valence-electron chi connectivity index (χ1n) is 16.8. The molecule has 0 unspecified atom stereocenters. The summed E-state index contributed by atoms with van der Waals surface area (Å²) >= 11 is 0. The average molecular weight is 549 g/mol. The zero-order chi connectivity index (χ0) is 28.5. The van der Waals surface area contributed by atoms with Gasteiger partial charge in [0, 0.05) is 6.42 Å². The van der Waals surface area contributed by atoms with Crippen molar-refractivity contribution in [2.75, 3.05) is 6.61 Å². The molecular weight excluding hydrogens is 492 g/mol. The van der Waals surface area contributed by atoms with Crippen LogP contribution in [0.25, 0.3) is 0 Å². The summed E-state index contributed by atoms with van der Waals surface area (Å²) in [6.07, 6.45) is 17.8. The van der Waals surface area contributed by atoms with Gasteiger partial charge in [-0.05, 0) is 122 Å². The van der Waals surface area contributed by atoms with Gasteiger partial charge < -0.3 is 9.47 Å². The van der Waals surface area contributed by atoms with E-state index >= 15 is 0 Å². The fourth-order valence-corrected chi connectivity index (χ4v) is 9.88. The molecule has 4 aliphatic carbocycles. The zero-order valence-corrected chi connectivity index (χ0v) is 26.3. The monoisotopic (exact) mass is 548 g/mol. The van der Waals surface area contributed by atoms with Crippen molar-refractivity contribution < 1.29 is 14.3 Å². The fraction of sp³-hybridized carbons (Fsp3) is 0.757. The third-order valence-electron chi connectivity index (χ3n) is 12.1. The second kappa shape index (κ2) is 12.2. The van der Waals surface area contributed by atoms with Gasteiger partial charge in [-0.15, -0.1) is 0 Å². The Kier molecular flexibility index (Phi) is 9.08. The number of rotatable bonds is 10. The van der Waals surface area contributed by atoms with Gasteiger partial charge in [0.2, 0.25) is 0 Å². The molecule has 5 rings (SSSR count). The number of carbonyl (C=O) groups excluding carboxylic acids is 1. The number of benzene rings is 1. The molecule has 1 aromatic rings. The number of hydrogen-bond donors (Lipinski definition) is 0. The van der Waals surface area contributed by atoms with E-state index in [-0.39, 0.29) is 17.5 Å². The van der Waals surface area contributed by atoms with Crippen molar-refractivity contribution >= 4 is 5.97 Å². The van der Waals surface area contributed by atoms with Crippen LogP contribution < -0.4 is 4.74 Å². The molecule has 3 saturated carbocycles. The number of fused-ring (bicyclic) bond motifs is 5. The van der Waals surface area contributed by atoms with Crippen LogP contribution in [0.2, 0.25) is 0 Å². The first kappa shape index (κ1) is 29.7. The second-order valence-corrected chi connectivity index (χ2v) is 14.9. The van der Waals surface area contributed by atoms with E-state index in [1.807, 2.05) is 24.3 Å². The predicted molar refractivity (Wildman–Crippen MR) is 164 cm³/mol. The van der Waals surface area contributed by atoms with Crippen molar-refractivity contribution in [3.63, 3.8) is 0 Å². The van der Waals surface area contributed by atoms with Crippen molar-refractivity contribution in [3.8, 4) is 5.75 Å². The fourth-order valence-electron chi connectivity index (χ4n) is 9.88. The Hall–Kier alpha value is -1.77. The molecule has 1 aromatic carbocycles. The van der Waals surface area contributed by atoms with E-state index in [4.69, 9.17) is 9.47 Å². The van der Waals surface area contributed by atoms with Gasteiger partial charge in [-0.25, -0.2) is 4.79 Å². The molecule has 40 heavy (non-hydrogen) atoms. The standard InChI is InChI=1S/C37H56O3/c1-7-23-39-29-14-11-27(12-15-29)35(38)40-30-19-21-36(5)28(24-30)13-16-31-33-18-17-32(26(4)10-8-9-25(2)3)37(33,6)22-20-34(31)36/h11-15,25-26,30-34H,7-10,16-24H2,1-6H3/t26-,30+,31-,32+,33-,34-,36+,37-/m1/s1. The van der Waals surface area contributed by atoms with Gasteiger partial charge in [0.05, 0.1) is 12.2 Å². The molecule has 0 N–H and O–H groups in total. The van der Waals surface area contributed by atoms with Crippen LogP contribution in [0.3, 0.4) is 0 Å². The van der Waals surface area contributed by atoms with Crippen molar-refractivity contribution in [1.29, 1.82) is 0 Å². The maximum absolute atomic E-state index is 13.0. The number of ether oxygens (including phenoxy) is 2. The lowest BCUT2D eigenvalue weighted by Gasteiger charge is -2.58. The molecule has 0 bridgehead atoms. The van der Waals surface area contributed by atoms with Crippen molar-refractivity contribution in [2.45, 2.75) is 125 Å². The third kappa shape index (κ3) is 5.78. The highest BCUT2D eigenvalue weighted by Crippen LogP contribution is 2.67. The normalized spacial score (nSPS) is 35.8. The van der Waals surface area contributed by atoms with Crippen LogP contribution in [0.5, 0.6) is 5.75 Å². The summed E-state index contributed by atoms with van der Waals surface area (Å²) in [6, 6.07) is 7.43. The first-order chi connectivity index (χ1) is 19.2. The van der Waals surface area contributed by atoms with Gasteiger partial charge in [-0.3, -0.25) is 0 Å². The molecule has 0 aliphatic heterocycles. The van der Waals surface area contributed by atoms with Crippen LogP contribution in [0, 0.1) is 46.3 Å². The van der Waals surface area contributed by atoms with Crippen LogP contribution in [-0.2, 0) is 4.74 Å². The van der Waals surface area contributed by atoms with Crippen LogP contribution in [0.1, 0.15) is 129 Å². The van der Waals surface area contributed by atoms with E-state index in [0.29, 0.717) is 17.6 Å².